The molecule has 3 nitrogen and oxygen atoms in total. The Bertz CT molecular complexity index is 593. The van der Waals surface area contributed by atoms with Gasteiger partial charge in [0.25, 0.3) is 0 Å². The predicted molar refractivity (Wildman–Crippen MR) is 91.1 cm³/mol. The van der Waals surface area contributed by atoms with Gasteiger partial charge >= 0.3 is 0 Å². The molecule has 0 aromatic heterocycles. The highest BCUT2D eigenvalue weighted by Gasteiger charge is 2.12. The summed E-state index contributed by atoms with van der Waals surface area (Å²) in [6.07, 6.45) is 2.04. The number of thioether (sulfide) groups is 1. The zero-order valence-corrected chi connectivity index (χ0v) is 13.3. The van der Waals surface area contributed by atoms with Crippen molar-refractivity contribution in [3.8, 4) is 0 Å². The number of nitrogens with one attached hydrogen (secondary N) is 2. The van der Waals surface area contributed by atoms with Crippen LogP contribution in [0.4, 0.5) is 11.4 Å². The van der Waals surface area contributed by atoms with Gasteiger partial charge in [0.1, 0.15) is 6.04 Å². The monoisotopic (exact) mass is 300 g/mol. The second-order valence-corrected chi connectivity index (χ2v) is 5.83. The van der Waals surface area contributed by atoms with E-state index in [9.17, 15) is 4.79 Å². The lowest BCUT2D eigenvalue weighted by Gasteiger charge is -2.15. The van der Waals surface area contributed by atoms with Crippen molar-refractivity contribution in [1.29, 1.82) is 0 Å². The number of anilines is 2. The Morgan fingerprint density at radius 2 is 1.57 bits per heavy atom. The highest BCUT2D eigenvalue weighted by Crippen LogP contribution is 2.18. The fourth-order valence-corrected chi connectivity index (χ4v) is 2.30. The van der Waals surface area contributed by atoms with Gasteiger partial charge in [0.15, 0.2) is 0 Å². The molecule has 0 bridgehead atoms. The quantitative estimate of drug-likeness (QED) is 0.815. The van der Waals surface area contributed by atoms with Gasteiger partial charge in [-0.1, -0.05) is 17.7 Å². The normalized spacial score (nSPS) is 11.8. The first-order valence-corrected chi connectivity index (χ1v) is 8.09. The van der Waals surface area contributed by atoms with Gasteiger partial charge in [-0.25, -0.2) is 0 Å². The number of hydrogen-bond donors (Lipinski definition) is 2. The van der Waals surface area contributed by atoms with Crippen molar-refractivity contribution in [2.24, 2.45) is 0 Å². The van der Waals surface area contributed by atoms with Crippen molar-refractivity contribution in [3.05, 3.63) is 54.1 Å². The van der Waals surface area contributed by atoms with Crippen molar-refractivity contribution >= 4 is 29.0 Å². The van der Waals surface area contributed by atoms with Gasteiger partial charge in [-0.3, -0.25) is 4.79 Å². The van der Waals surface area contributed by atoms with Crippen molar-refractivity contribution in [2.75, 3.05) is 16.9 Å². The highest BCUT2D eigenvalue weighted by molar-refractivity contribution is 7.98. The molecule has 2 N–H and O–H groups in total. The Hall–Kier alpha value is -1.94. The topological polar surface area (TPSA) is 41.1 Å². The second kappa shape index (κ2) is 7.18. The molecule has 2 aromatic rings. The van der Waals surface area contributed by atoms with E-state index in [1.165, 1.54) is 10.5 Å². The molecule has 0 spiro atoms. The first kappa shape index (κ1) is 15.4. The van der Waals surface area contributed by atoms with Gasteiger partial charge in [-0.15, -0.1) is 11.8 Å². The zero-order chi connectivity index (χ0) is 15.2. The fraction of sp³-hybridized carbons (Fsp3) is 0.235. The molecule has 1 atom stereocenters. The number of hydrogen-bond acceptors (Lipinski definition) is 3. The SMILES string of the molecule is CSc1ccc(NC(C)C(=O)Nc2ccc(C)cc2)cc1. The number of carbonyl (C=O) groups is 1. The summed E-state index contributed by atoms with van der Waals surface area (Å²) in [6.45, 7) is 3.88. The molecule has 0 aliphatic heterocycles. The molecule has 0 saturated heterocycles. The van der Waals surface area contributed by atoms with Gasteiger partial charge < -0.3 is 10.6 Å². The molecule has 0 heterocycles. The lowest BCUT2D eigenvalue weighted by atomic mass is 10.2. The van der Waals surface area contributed by atoms with Crippen LogP contribution in [0.25, 0.3) is 0 Å². The molecule has 2 aromatic carbocycles. The lowest BCUT2D eigenvalue weighted by Crippen LogP contribution is -2.31. The molecule has 4 heteroatoms. The maximum atomic E-state index is 12.1. The summed E-state index contributed by atoms with van der Waals surface area (Å²) < 4.78 is 0. The number of rotatable bonds is 5. The smallest absolute Gasteiger partial charge is 0.246 e. The molecular formula is C17H20N2OS. The van der Waals surface area contributed by atoms with Crippen LogP contribution < -0.4 is 10.6 Å². The van der Waals surface area contributed by atoms with Crippen LogP contribution >= 0.6 is 11.8 Å². The van der Waals surface area contributed by atoms with E-state index in [-0.39, 0.29) is 11.9 Å². The zero-order valence-electron chi connectivity index (χ0n) is 12.5. The van der Waals surface area contributed by atoms with Crippen LogP contribution in [0.15, 0.2) is 53.4 Å². The van der Waals surface area contributed by atoms with Crippen LogP contribution in [-0.4, -0.2) is 18.2 Å². The summed E-state index contributed by atoms with van der Waals surface area (Å²) in [5.41, 5.74) is 2.93. The van der Waals surface area contributed by atoms with Crippen LogP contribution in [0.1, 0.15) is 12.5 Å². The van der Waals surface area contributed by atoms with Crippen molar-refractivity contribution in [1.82, 2.24) is 0 Å². The van der Waals surface area contributed by atoms with Gasteiger partial charge in [0.05, 0.1) is 0 Å². The van der Waals surface area contributed by atoms with E-state index >= 15 is 0 Å². The fourth-order valence-electron chi connectivity index (χ4n) is 1.89. The summed E-state index contributed by atoms with van der Waals surface area (Å²) in [5, 5.41) is 6.11. The molecule has 0 radical (unpaired) electrons. The maximum Gasteiger partial charge on any atom is 0.246 e. The van der Waals surface area contributed by atoms with Gasteiger partial charge in [0, 0.05) is 16.3 Å². The summed E-state index contributed by atoms with van der Waals surface area (Å²) >= 11 is 1.70. The van der Waals surface area contributed by atoms with Crippen LogP contribution in [0.3, 0.4) is 0 Å². The van der Waals surface area contributed by atoms with Gasteiger partial charge in [0.2, 0.25) is 5.91 Å². The van der Waals surface area contributed by atoms with E-state index in [0.717, 1.165) is 11.4 Å². The van der Waals surface area contributed by atoms with Gasteiger partial charge in [-0.05, 0) is 56.5 Å². The summed E-state index contributed by atoms with van der Waals surface area (Å²) in [7, 11) is 0. The third-order valence-electron chi connectivity index (χ3n) is 3.19. The molecule has 0 aliphatic carbocycles. The first-order valence-electron chi connectivity index (χ1n) is 6.86. The Morgan fingerprint density at radius 3 is 2.14 bits per heavy atom. The molecule has 2 rings (SSSR count). The molecule has 1 amide bonds. The van der Waals surface area contributed by atoms with Crippen LogP contribution in [0.5, 0.6) is 0 Å². The average molecular weight is 300 g/mol. The van der Waals surface area contributed by atoms with E-state index in [1.807, 2.05) is 68.6 Å². The molecule has 0 fully saturated rings. The van der Waals surface area contributed by atoms with Crippen LogP contribution in [0, 0.1) is 6.92 Å². The summed E-state index contributed by atoms with van der Waals surface area (Å²) in [6, 6.07) is 15.5. The van der Waals surface area contributed by atoms with Crippen molar-refractivity contribution < 1.29 is 4.79 Å². The Labute approximate surface area is 130 Å². The average Bonchev–Trinajstić information content (AvgIpc) is 2.50. The van der Waals surface area contributed by atoms with E-state index in [2.05, 4.69) is 10.6 Å². The predicted octanol–water partition coefficient (Wildman–Crippen LogP) is 4.16. The third-order valence-corrected chi connectivity index (χ3v) is 3.93. The van der Waals surface area contributed by atoms with Crippen molar-refractivity contribution in [2.45, 2.75) is 24.8 Å². The number of aryl methyl sites for hydroxylation is 1. The van der Waals surface area contributed by atoms with E-state index in [4.69, 9.17) is 0 Å². The number of benzene rings is 2. The van der Waals surface area contributed by atoms with Crippen LogP contribution in [0.2, 0.25) is 0 Å². The summed E-state index contributed by atoms with van der Waals surface area (Å²) in [5.74, 6) is -0.0483. The first-order chi connectivity index (χ1) is 10.1. The Morgan fingerprint density at radius 1 is 1.00 bits per heavy atom. The number of carbonyl (C=O) groups excluding carboxylic acids is 1. The third kappa shape index (κ3) is 4.53. The standard InChI is InChI=1S/C17H20N2OS/c1-12-4-6-15(7-5-12)19-17(20)13(2)18-14-8-10-16(21-3)11-9-14/h4-11,13,18H,1-3H3,(H,19,20). The van der Waals surface area contributed by atoms with E-state index in [1.54, 1.807) is 11.8 Å². The minimum Gasteiger partial charge on any atom is -0.374 e. The number of amides is 1. The van der Waals surface area contributed by atoms with Crippen molar-refractivity contribution in [3.63, 3.8) is 0 Å². The van der Waals surface area contributed by atoms with Gasteiger partial charge in [-0.2, -0.15) is 0 Å². The van der Waals surface area contributed by atoms with E-state index < -0.39 is 0 Å². The largest absolute Gasteiger partial charge is 0.374 e. The molecular weight excluding hydrogens is 280 g/mol. The molecule has 0 saturated carbocycles. The van der Waals surface area contributed by atoms with E-state index in [0.29, 0.717) is 0 Å². The van der Waals surface area contributed by atoms with Crippen LogP contribution in [-0.2, 0) is 4.79 Å². The molecule has 110 valence electrons. The lowest BCUT2D eigenvalue weighted by molar-refractivity contribution is -0.116. The molecule has 1 unspecified atom stereocenters. The summed E-state index contributed by atoms with van der Waals surface area (Å²) in [4.78, 5) is 13.4. The maximum absolute atomic E-state index is 12.1. The highest BCUT2D eigenvalue weighted by atomic mass is 32.2. The second-order valence-electron chi connectivity index (χ2n) is 4.95. The Kier molecular flexibility index (Phi) is 5.28. The molecule has 21 heavy (non-hydrogen) atoms. The molecule has 0 aliphatic rings. The minimum absolute atomic E-state index is 0.0483. The minimum atomic E-state index is -0.300. The Balaban J connectivity index is 1.93.